The third-order valence-electron chi connectivity index (χ3n) is 3.19. The van der Waals surface area contributed by atoms with Crippen LogP contribution in [-0.4, -0.2) is 16.6 Å². The fourth-order valence-electron chi connectivity index (χ4n) is 2.14. The molecule has 1 aromatic heterocycles. The zero-order valence-corrected chi connectivity index (χ0v) is 13.3. The van der Waals surface area contributed by atoms with Crippen LogP contribution in [0, 0.1) is 12.7 Å². The third-order valence-corrected chi connectivity index (χ3v) is 4.20. The molecule has 0 bridgehead atoms. The Morgan fingerprint density at radius 2 is 2.04 bits per heavy atom. The van der Waals surface area contributed by atoms with Crippen molar-refractivity contribution in [3.05, 3.63) is 54.2 Å². The minimum absolute atomic E-state index is 0.0702. The first-order valence-electron chi connectivity index (χ1n) is 7.15. The van der Waals surface area contributed by atoms with Crippen LogP contribution >= 0.6 is 11.8 Å². The lowest BCUT2D eigenvalue weighted by Gasteiger charge is -2.05. The number of hydrogen-bond acceptors (Lipinski definition) is 4. The van der Waals surface area contributed by atoms with E-state index in [1.54, 1.807) is 37.3 Å². The van der Waals surface area contributed by atoms with Gasteiger partial charge in [0.1, 0.15) is 11.3 Å². The normalized spacial score (nSPS) is 10.9. The molecule has 0 radical (unpaired) electrons. The number of halogens is 1. The van der Waals surface area contributed by atoms with Gasteiger partial charge in [-0.25, -0.2) is 9.37 Å². The molecular formula is C17H15FN2O2S. The maximum atomic E-state index is 12.8. The van der Waals surface area contributed by atoms with Crippen molar-refractivity contribution >= 4 is 34.5 Å². The van der Waals surface area contributed by atoms with Gasteiger partial charge in [0.05, 0.1) is 0 Å². The number of thioether (sulfide) groups is 1. The average Bonchev–Trinajstić information content (AvgIpc) is 2.88. The van der Waals surface area contributed by atoms with Crippen molar-refractivity contribution in [1.82, 2.24) is 4.98 Å². The molecule has 3 aromatic rings. The van der Waals surface area contributed by atoms with E-state index in [1.807, 2.05) is 0 Å². The summed E-state index contributed by atoms with van der Waals surface area (Å²) in [7, 11) is 0. The number of nitrogens with one attached hydrogen (secondary N) is 1. The maximum Gasteiger partial charge on any atom is 0.225 e. The molecule has 0 saturated carbocycles. The summed E-state index contributed by atoms with van der Waals surface area (Å²) in [5.41, 5.74) is 2.12. The Hall–Kier alpha value is -2.34. The van der Waals surface area contributed by atoms with Gasteiger partial charge in [0.2, 0.25) is 5.91 Å². The molecule has 0 aliphatic rings. The zero-order chi connectivity index (χ0) is 16.2. The quantitative estimate of drug-likeness (QED) is 0.705. The highest BCUT2D eigenvalue weighted by molar-refractivity contribution is 7.99. The summed E-state index contributed by atoms with van der Waals surface area (Å²) in [4.78, 5) is 17.2. The number of nitrogens with zero attached hydrogens (tertiary/aromatic N) is 1. The Morgan fingerprint density at radius 1 is 1.26 bits per heavy atom. The van der Waals surface area contributed by atoms with Crippen LogP contribution in [0.4, 0.5) is 10.1 Å². The highest BCUT2D eigenvalue weighted by atomic mass is 32.2. The first-order chi connectivity index (χ1) is 11.1. The number of oxazole rings is 1. The van der Waals surface area contributed by atoms with Crippen LogP contribution in [0.5, 0.6) is 0 Å². The summed E-state index contributed by atoms with van der Waals surface area (Å²) in [6.07, 6.45) is 0.373. The summed E-state index contributed by atoms with van der Waals surface area (Å²) < 4.78 is 18.2. The predicted molar refractivity (Wildman–Crippen MR) is 89.1 cm³/mol. The minimum atomic E-state index is -0.259. The van der Waals surface area contributed by atoms with Gasteiger partial charge in [-0.15, -0.1) is 11.8 Å². The van der Waals surface area contributed by atoms with Crippen molar-refractivity contribution in [3.8, 4) is 0 Å². The van der Waals surface area contributed by atoms with Crippen molar-refractivity contribution < 1.29 is 13.6 Å². The molecule has 6 heteroatoms. The van der Waals surface area contributed by atoms with Gasteiger partial charge in [0, 0.05) is 29.7 Å². The molecule has 4 nitrogen and oxygen atoms in total. The van der Waals surface area contributed by atoms with Crippen molar-refractivity contribution in [2.75, 3.05) is 11.1 Å². The van der Waals surface area contributed by atoms with Crippen LogP contribution in [0.15, 0.2) is 51.8 Å². The summed E-state index contributed by atoms with van der Waals surface area (Å²) in [5, 5.41) is 2.84. The number of anilines is 1. The summed E-state index contributed by atoms with van der Waals surface area (Å²) in [6, 6.07) is 11.6. The van der Waals surface area contributed by atoms with Crippen LogP contribution in [0.1, 0.15) is 12.3 Å². The zero-order valence-electron chi connectivity index (χ0n) is 12.5. The van der Waals surface area contributed by atoms with Gasteiger partial charge in [-0.2, -0.15) is 0 Å². The monoisotopic (exact) mass is 330 g/mol. The Kier molecular flexibility index (Phi) is 4.62. The third kappa shape index (κ3) is 4.10. The number of hydrogen-bond donors (Lipinski definition) is 1. The van der Waals surface area contributed by atoms with Gasteiger partial charge in [-0.3, -0.25) is 4.79 Å². The topological polar surface area (TPSA) is 55.1 Å². The molecule has 3 rings (SSSR count). The number of benzene rings is 2. The molecule has 1 amide bonds. The maximum absolute atomic E-state index is 12.8. The first-order valence-corrected chi connectivity index (χ1v) is 8.14. The molecule has 1 N–H and O–H groups in total. The second kappa shape index (κ2) is 6.83. The summed E-state index contributed by atoms with van der Waals surface area (Å²) >= 11 is 1.52. The van der Waals surface area contributed by atoms with Crippen LogP contribution < -0.4 is 5.32 Å². The van der Waals surface area contributed by atoms with E-state index in [9.17, 15) is 9.18 Å². The second-order valence-corrected chi connectivity index (χ2v) is 6.18. The van der Waals surface area contributed by atoms with Gasteiger partial charge in [-0.1, -0.05) is 0 Å². The van der Waals surface area contributed by atoms with Crippen LogP contribution in [-0.2, 0) is 4.79 Å². The van der Waals surface area contributed by atoms with E-state index in [-0.39, 0.29) is 11.7 Å². The first kappa shape index (κ1) is 15.6. The van der Waals surface area contributed by atoms with Crippen LogP contribution in [0.25, 0.3) is 11.1 Å². The van der Waals surface area contributed by atoms with Crippen LogP contribution in [0.2, 0.25) is 0 Å². The molecule has 0 fully saturated rings. The number of aryl methyl sites for hydroxylation is 1. The van der Waals surface area contributed by atoms with E-state index in [0.29, 0.717) is 29.3 Å². The van der Waals surface area contributed by atoms with Gasteiger partial charge >= 0.3 is 0 Å². The number of carbonyl (C=O) groups is 1. The Morgan fingerprint density at radius 3 is 2.83 bits per heavy atom. The number of rotatable bonds is 5. The van der Waals surface area contributed by atoms with Gasteiger partial charge in [-0.05, 0) is 42.5 Å². The lowest BCUT2D eigenvalue weighted by molar-refractivity contribution is -0.115. The number of fused-ring (bicyclic) bond motifs is 1. The number of amides is 1. The lowest BCUT2D eigenvalue weighted by atomic mass is 10.3. The second-order valence-electron chi connectivity index (χ2n) is 5.02. The lowest BCUT2D eigenvalue weighted by Crippen LogP contribution is -2.12. The Balaban J connectivity index is 1.52. The van der Waals surface area contributed by atoms with Gasteiger partial charge in [0.25, 0.3) is 0 Å². The smallest absolute Gasteiger partial charge is 0.225 e. The molecular weight excluding hydrogens is 315 g/mol. The van der Waals surface area contributed by atoms with Gasteiger partial charge < -0.3 is 9.73 Å². The van der Waals surface area contributed by atoms with E-state index in [1.165, 1.54) is 23.9 Å². The van der Waals surface area contributed by atoms with E-state index in [0.717, 1.165) is 10.4 Å². The molecule has 0 saturated heterocycles. The summed E-state index contributed by atoms with van der Waals surface area (Å²) in [6.45, 7) is 1.78. The van der Waals surface area contributed by atoms with Crippen molar-refractivity contribution in [2.24, 2.45) is 0 Å². The highest BCUT2D eigenvalue weighted by Gasteiger charge is 2.06. The van der Waals surface area contributed by atoms with Crippen molar-refractivity contribution in [3.63, 3.8) is 0 Å². The standard InChI is InChI=1S/C17H15FN2O2S/c1-11-19-15-10-13(4-7-16(15)22-11)20-17(21)8-9-23-14-5-2-12(18)3-6-14/h2-7,10H,8-9H2,1H3,(H,20,21). The fourth-order valence-corrected chi connectivity index (χ4v) is 2.99. The Bertz CT molecular complexity index is 830. The highest BCUT2D eigenvalue weighted by Crippen LogP contribution is 2.21. The number of aromatic nitrogens is 1. The molecule has 2 aromatic carbocycles. The molecule has 118 valence electrons. The molecule has 23 heavy (non-hydrogen) atoms. The minimum Gasteiger partial charge on any atom is -0.441 e. The van der Waals surface area contributed by atoms with E-state index >= 15 is 0 Å². The van der Waals surface area contributed by atoms with E-state index in [4.69, 9.17) is 4.42 Å². The molecule has 1 heterocycles. The largest absolute Gasteiger partial charge is 0.441 e. The molecule has 0 atom stereocenters. The summed E-state index contributed by atoms with van der Waals surface area (Å²) in [5.74, 6) is 0.895. The molecule has 0 spiro atoms. The van der Waals surface area contributed by atoms with Crippen molar-refractivity contribution in [1.29, 1.82) is 0 Å². The van der Waals surface area contributed by atoms with Crippen LogP contribution in [0.3, 0.4) is 0 Å². The average molecular weight is 330 g/mol. The fraction of sp³-hybridized carbons (Fsp3) is 0.176. The van der Waals surface area contributed by atoms with E-state index < -0.39 is 0 Å². The molecule has 0 unspecified atom stereocenters. The molecule has 0 aliphatic carbocycles. The predicted octanol–water partition coefficient (Wildman–Crippen LogP) is 4.40. The Labute approximate surface area is 137 Å². The molecule has 0 aliphatic heterocycles. The van der Waals surface area contributed by atoms with Crippen molar-refractivity contribution in [2.45, 2.75) is 18.2 Å². The SMILES string of the molecule is Cc1nc2cc(NC(=O)CCSc3ccc(F)cc3)ccc2o1. The van der Waals surface area contributed by atoms with Gasteiger partial charge in [0.15, 0.2) is 11.5 Å². The van der Waals surface area contributed by atoms with E-state index in [2.05, 4.69) is 10.3 Å². The number of carbonyl (C=O) groups excluding carboxylic acids is 1.